The molecule has 5 rings (SSSR count). The Bertz CT molecular complexity index is 1030. The molecule has 1 N–H and O–H groups in total. The van der Waals surface area contributed by atoms with E-state index in [-0.39, 0.29) is 0 Å². The molecule has 2 aromatic heterocycles. The molecule has 0 spiro atoms. The number of fused-ring (bicyclic) bond motifs is 2. The number of hydrogen-bond acceptors (Lipinski definition) is 4. The van der Waals surface area contributed by atoms with Crippen LogP contribution >= 0.6 is 0 Å². The van der Waals surface area contributed by atoms with Gasteiger partial charge in [-0.1, -0.05) is 6.07 Å². The quantitative estimate of drug-likeness (QED) is 0.731. The van der Waals surface area contributed by atoms with Crippen molar-refractivity contribution >= 4 is 22.5 Å². The predicted molar refractivity (Wildman–Crippen MR) is 120 cm³/mol. The first kappa shape index (κ1) is 18.6. The summed E-state index contributed by atoms with van der Waals surface area (Å²) in [6.45, 7) is 4.53. The lowest BCUT2D eigenvalue weighted by molar-refractivity contribution is 0.256. The Balaban J connectivity index is 1.41. The van der Waals surface area contributed by atoms with Crippen molar-refractivity contribution in [2.75, 3.05) is 39.0 Å². The molecule has 2 aliphatic rings. The number of nitrogens with zero attached hydrogens (tertiary/aromatic N) is 4. The number of aromatic nitrogens is 2. The molecule has 29 heavy (non-hydrogen) atoms. The average molecular weight is 390 g/mol. The van der Waals surface area contributed by atoms with Crippen molar-refractivity contribution in [3.63, 3.8) is 0 Å². The largest absolute Gasteiger partial charge is 0.340 e. The van der Waals surface area contributed by atoms with Crippen LogP contribution in [0.4, 0.5) is 11.5 Å². The van der Waals surface area contributed by atoms with Gasteiger partial charge < -0.3 is 19.7 Å². The van der Waals surface area contributed by atoms with Crippen LogP contribution in [-0.2, 0) is 20.0 Å². The number of likely N-dealkylation sites (N-methyl/N-ethyl adjacent to an activating group) is 1. The maximum atomic E-state index is 4.96. The van der Waals surface area contributed by atoms with Gasteiger partial charge in [0.2, 0.25) is 0 Å². The zero-order chi connectivity index (χ0) is 20.0. The van der Waals surface area contributed by atoms with Crippen molar-refractivity contribution in [2.45, 2.75) is 31.7 Å². The highest BCUT2D eigenvalue weighted by atomic mass is 15.1. The van der Waals surface area contributed by atoms with Crippen LogP contribution in [0.2, 0.25) is 0 Å². The van der Waals surface area contributed by atoms with Crippen molar-refractivity contribution < 1.29 is 0 Å². The summed E-state index contributed by atoms with van der Waals surface area (Å²) in [5, 5.41) is 4.84. The SMILES string of the molecule is CN1CCC(c2cn(C)c3nc(Nc4ccc5c(c4)CN(C)CC5)ccc23)CC1. The van der Waals surface area contributed by atoms with Crippen molar-refractivity contribution in [3.05, 3.63) is 53.2 Å². The van der Waals surface area contributed by atoms with E-state index in [0.717, 1.165) is 36.7 Å². The molecule has 5 nitrogen and oxygen atoms in total. The zero-order valence-corrected chi connectivity index (χ0v) is 17.8. The van der Waals surface area contributed by atoms with Gasteiger partial charge in [-0.05, 0) is 93.3 Å². The molecular weight excluding hydrogens is 358 g/mol. The minimum atomic E-state index is 0.646. The number of aryl methyl sites for hydroxylation is 1. The highest BCUT2D eigenvalue weighted by molar-refractivity contribution is 5.83. The standard InChI is InChI=1S/C24H31N5/c1-27-11-9-18(10-12-27)22-16-29(3)24-21(22)6-7-23(26-24)25-20-5-4-17-8-13-28(2)15-19(17)14-20/h4-7,14,16,18H,8-13,15H2,1-3H3,(H,25,26). The van der Waals surface area contributed by atoms with Gasteiger partial charge in [0, 0.05) is 37.4 Å². The van der Waals surface area contributed by atoms with Gasteiger partial charge in [0.05, 0.1) is 0 Å². The summed E-state index contributed by atoms with van der Waals surface area (Å²) in [7, 11) is 6.53. The van der Waals surface area contributed by atoms with E-state index in [2.05, 4.69) is 77.4 Å². The fraction of sp³-hybridized carbons (Fsp3) is 0.458. The topological polar surface area (TPSA) is 36.3 Å². The normalized spacial score (nSPS) is 18.9. The molecule has 0 unspecified atom stereocenters. The van der Waals surface area contributed by atoms with Crippen LogP contribution in [0.3, 0.4) is 0 Å². The van der Waals surface area contributed by atoms with E-state index in [4.69, 9.17) is 4.98 Å². The van der Waals surface area contributed by atoms with Gasteiger partial charge in [0.15, 0.2) is 0 Å². The molecule has 0 bridgehead atoms. The lowest BCUT2D eigenvalue weighted by Gasteiger charge is -2.28. The highest BCUT2D eigenvalue weighted by Crippen LogP contribution is 2.34. The second-order valence-electron chi connectivity index (χ2n) is 8.94. The second-order valence-corrected chi connectivity index (χ2v) is 8.94. The molecule has 1 saturated heterocycles. The summed E-state index contributed by atoms with van der Waals surface area (Å²) in [4.78, 5) is 9.77. The van der Waals surface area contributed by atoms with Crippen molar-refractivity contribution in [3.8, 4) is 0 Å². The molecule has 0 aliphatic carbocycles. The van der Waals surface area contributed by atoms with Crippen LogP contribution in [0.5, 0.6) is 0 Å². The van der Waals surface area contributed by atoms with Gasteiger partial charge >= 0.3 is 0 Å². The van der Waals surface area contributed by atoms with E-state index < -0.39 is 0 Å². The molecule has 4 heterocycles. The zero-order valence-electron chi connectivity index (χ0n) is 17.8. The van der Waals surface area contributed by atoms with Crippen LogP contribution < -0.4 is 5.32 Å². The summed E-state index contributed by atoms with van der Waals surface area (Å²) < 4.78 is 2.19. The van der Waals surface area contributed by atoms with Gasteiger partial charge in [0.1, 0.15) is 11.5 Å². The number of pyridine rings is 1. The van der Waals surface area contributed by atoms with E-state index in [1.165, 1.54) is 48.0 Å². The molecule has 152 valence electrons. The molecule has 1 fully saturated rings. The number of rotatable bonds is 3. The van der Waals surface area contributed by atoms with Crippen LogP contribution in [-0.4, -0.2) is 53.1 Å². The van der Waals surface area contributed by atoms with Crippen molar-refractivity contribution in [1.29, 1.82) is 0 Å². The van der Waals surface area contributed by atoms with Gasteiger partial charge in [-0.15, -0.1) is 0 Å². The molecule has 2 aliphatic heterocycles. The second kappa shape index (κ2) is 7.47. The first-order chi connectivity index (χ1) is 14.1. The first-order valence-electron chi connectivity index (χ1n) is 10.8. The van der Waals surface area contributed by atoms with E-state index in [9.17, 15) is 0 Å². The lowest BCUT2D eigenvalue weighted by Crippen LogP contribution is -2.29. The maximum Gasteiger partial charge on any atom is 0.142 e. The number of benzene rings is 1. The monoisotopic (exact) mass is 389 g/mol. The summed E-state index contributed by atoms with van der Waals surface area (Å²) in [6, 6.07) is 11.1. The third-order valence-corrected chi connectivity index (χ3v) is 6.69. The number of piperidine rings is 1. The van der Waals surface area contributed by atoms with Crippen LogP contribution in [0.1, 0.15) is 35.4 Å². The van der Waals surface area contributed by atoms with E-state index in [1.54, 1.807) is 0 Å². The first-order valence-corrected chi connectivity index (χ1v) is 10.8. The van der Waals surface area contributed by atoms with Gasteiger partial charge in [-0.3, -0.25) is 0 Å². The lowest BCUT2D eigenvalue weighted by atomic mass is 9.90. The molecule has 0 saturated carbocycles. The van der Waals surface area contributed by atoms with Gasteiger partial charge in [-0.2, -0.15) is 0 Å². The summed E-state index contributed by atoms with van der Waals surface area (Å²) >= 11 is 0. The highest BCUT2D eigenvalue weighted by Gasteiger charge is 2.22. The Morgan fingerprint density at radius 2 is 1.76 bits per heavy atom. The van der Waals surface area contributed by atoms with E-state index in [0.29, 0.717) is 5.92 Å². The summed E-state index contributed by atoms with van der Waals surface area (Å²) in [5.74, 6) is 1.56. The molecule has 5 heteroatoms. The number of hydrogen-bond donors (Lipinski definition) is 1. The molecule has 0 amide bonds. The predicted octanol–water partition coefficient (Wildman–Crippen LogP) is 4.11. The van der Waals surface area contributed by atoms with Gasteiger partial charge in [0.25, 0.3) is 0 Å². The fourth-order valence-electron chi connectivity index (χ4n) is 4.92. The number of nitrogens with one attached hydrogen (secondary N) is 1. The van der Waals surface area contributed by atoms with Crippen molar-refractivity contribution in [2.24, 2.45) is 7.05 Å². The molecule has 0 radical (unpaired) electrons. The van der Waals surface area contributed by atoms with Crippen LogP contribution in [0.15, 0.2) is 36.5 Å². The molecule has 3 aromatic rings. The smallest absolute Gasteiger partial charge is 0.142 e. The van der Waals surface area contributed by atoms with E-state index >= 15 is 0 Å². The van der Waals surface area contributed by atoms with Crippen LogP contribution in [0.25, 0.3) is 11.0 Å². The Morgan fingerprint density at radius 3 is 2.59 bits per heavy atom. The Hall–Kier alpha value is -2.37. The minimum Gasteiger partial charge on any atom is -0.340 e. The fourth-order valence-corrected chi connectivity index (χ4v) is 4.92. The summed E-state index contributed by atoms with van der Waals surface area (Å²) in [6.07, 6.45) is 5.91. The third kappa shape index (κ3) is 3.65. The number of likely N-dealkylation sites (tertiary alicyclic amines) is 1. The molecular formula is C24H31N5. The number of anilines is 2. The molecule has 1 aromatic carbocycles. The Labute approximate surface area is 173 Å². The van der Waals surface area contributed by atoms with E-state index in [1.807, 2.05) is 0 Å². The average Bonchev–Trinajstić information content (AvgIpc) is 3.04. The van der Waals surface area contributed by atoms with Crippen LogP contribution in [0, 0.1) is 0 Å². The maximum absolute atomic E-state index is 4.96. The van der Waals surface area contributed by atoms with Crippen molar-refractivity contribution in [1.82, 2.24) is 19.4 Å². The Morgan fingerprint density at radius 1 is 0.931 bits per heavy atom. The Kier molecular flexibility index (Phi) is 4.80. The van der Waals surface area contributed by atoms with Gasteiger partial charge in [-0.25, -0.2) is 4.98 Å². The third-order valence-electron chi connectivity index (χ3n) is 6.69. The summed E-state index contributed by atoms with van der Waals surface area (Å²) in [5.41, 5.74) is 6.55. The minimum absolute atomic E-state index is 0.646. The molecule has 0 atom stereocenters.